The number of hydrogen-bond acceptors (Lipinski definition) is 5. The van der Waals surface area contributed by atoms with E-state index in [9.17, 15) is 36.3 Å². The maximum atomic E-state index is 13.4. The van der Waals surface area contributed by atoms with E-state index in [0.29, 0.717) is 31.6 Å². The number of benzene rings is 2. The lowest BCUT2D eigenvalue weighted by Crippen LogP contribution is -2.55. The maximum absolute atomic E-state index is 13.4. The number of rotatable bonds is 6. The SMILES string of the molecule is Cc1ccccc1[C@H]1CN(C(=O)C2CCNCC2)CC[C@@H]1N(O)N(C)Cc1cc(C(F)(F)F)cc(C(F)(F)F)c1. The van der Waals surface area contributed by atoms with Crippen molar-refractivity contribution < 1.29 is 36.3 Å². The number of piperidine rings is 2. The molecule has 2 aromatic rings. The molecule has 2 heterocycles. The molecule has 220 valence electrons. The minimum atomic E-state index is -4.96. The lowest BCUT2D eigenvalue weighted by atomic mass is 9.83. The van der Waals surface area contributed by atoms with Crippen molar-refractivity contribution in [3.8, 4) is 0 Å². The molecule has 0 unspecified atom stereocenters. The number of carbonyl (C=O) groups excluding carboxylic acids is 1. The van der Waals surface area contributed by atoms with Crippen molar-refractivity contribution in [1.82, 2.24) is 20.4 Å². The number of aryl methyl sites for hydroxylation is 1. The van der Waals surface area contributed by atoms with Gasteiger partial charge in [0.1, 0.15) is 0 Å². The van der Waals surface area contributed by atoms with E-state index in [-0.39, 0.29) is 29.4 Å². The fourth-order valence-electron chi connectivity index (χ4n) is 5.75. The summed E-state index contributed by atoms with van der Waals surface area (Å²) in [7, 11) is 1.41. The van der Waals surface area contributed by atoms with Gasteiger partial charge in [-0.15, -0.1) is 5.17 Å². The van der Waals surface area contributed by atoms with Crippen LogP contribution in [0.3, 0.4) is 0 Å². The first kappa shape index (κ1) is 30.3. The number of nitrogens with one attached hydrogen (secondary N) is 1. The van der Waals surface area contributed by atoms with E-state index >= 15 is 0 Å². The molecule has 2 atom stereocenters. The third-order valence-corrected chi connectivity index (χ3v) is 7.87. The molecule has 2 aromatic carbocycles. The fourth-order valence-corrected chi connectivity index (χ4v) is 5.75. The highest BCUT2D eigenvalue weighted by atomic mass is 19.4. The monoisotopic (exact) mass is 572 g/mol. The van der Waals surface area contributed by atoms with E-state index in [1.807, 2.05) is 36.1 Å². The average molecular weight is 573 g/mol. The molecular formula is C28H34F6N4O2. The maximum Gasteiger partial charge on any atom is 0.416 e. The molecule has 4 rings (SSSR count). The third kappa shape index (κ3) is 6.96. The summed E-state index contributed by atoms with van der Waals surface area (Å²) in [6, 6.07) is 8.44. The predicted octanol–water partition coefficient (Wildman–Crippen LogP) is 5.45. The zero-order chi connectivity index (χ0) is 29.2. The minimum absolute atomic E-state index is 0.0695. The molecule has 6 nitrogen and oxygen atoms in total. The zero-order valence-corrected chi connectivity index (χ0v) is 22.4. The van der Waals surface area contributed by atoms with E-state index in [0.717, 1.165) is 42.2 Å². The summed E-state index contributed by atoms with van der Waals surface area (Å²) >= 11 is 0. The molecule has 2 aliphatic rings. The molecular weight excluding hydrogens is 538 g/mol. The van der Waals surface area contributed by atoms with Gasteiger partial charge in [0, 0.05) is 38.5 Å². The van der Waals surface area contributed by atoms with Crippen LogP contribution in [0.1, 0.15) is 53.0 Å². The summed E-state index contributed by atoms with van der Waals surface area (Å²) in [5.74, 6) is -0.340. The second-order valence-electron chi connectivity index (χ2n) is 10.7. The highest BCUT2D eigenvalue weighted by Crippen LogP contribution is 2.38. The Morgan fingerprint density at radius 1 is 1.00 bits per heavy atom. The van der Waals surface area contributed by atoms with Crippen LogP contribution >= 0.6 is 0 Å². The number of likely N-dealkylation sites (tertiary alicyclic amines) is 1. The molecule has 12 heteroatoms. The Bertz CT molecular complexity index is 1150. The van der Waals surface area contributed by atoms with Gasteiger partial charge < -0.3 is 10.2 Å². The number of amides is 1. The number of carbonyl (C=O) groups is 1. The van der Waals surface area contributed by atoms with Crippen molar-refractivity contribution in [1.29, 1.82) is 0 Å². The molecule has 0 aromatic heterocycles. The van der Waals surface area contributed by atoms with Gasteiger partial charge in [-0.1, -0.05) is 24.3 Å². The molecule has 0 radical (unpaired) electrons. The first-order valence-corrected chi connectivity index (χ1v) is 13.3. The number of hydroxylamine groups is 1. The van der Waals surface area contributed by atoms with Gasteiger partial charge >= 0.3 is 12.4 Å². The van der Waals surface area contributed by atoms with Gasteiger partial charge in [0.25, 0.3) is 0 Å². The number of alkyl halides is 6. The second-order valence-corrected chi connectivity index (χ2v) is 10.7. The van der Waals surface area contributed by atoms with Gasteiger partial charge in [0.15, 0.2) is 0 Å². The lowest BCUT2D eigenvalue weighted by Gasteiger charge is -2.45. The van der Waals surface area contributed by atoms with E-state index in [2.05, 4.69) is 5.32 Å². The van der Waals surface area contributed by atoms with E-state index in [4.69, 9.17) is 0 Å². The van der Waals surface area contributed by atoms with Gasteiger partial charge in [-0.25, -0.2) is 5.01 Å². The Morgan fingerprint density at radius 3 is 2.17 bits per heavy atom. The van der Waals surface area contributed by atoms with E-state index in [1.165, 1.54) is 12.1 Å². The molecule has 2 saturated heterocycles. The minimum Gasteiger partial charge on any atom is -0.342 e. The third-order valence-electron chi connectivity index (χ3n) is 7.87. The second kappa shape index (κ2) is 12.1. The van der Waals surface area contributed by atoms with E-state index in [1.54, 1.807) is 0 Å². The summed E-state index contributed by atoms with van der Waals surface area (Å²) in [6.07, 6.45) is -8.06. The number of hydrazine groups is 1. The van der Waals surface area contributed by atoms with Gasteiger partial charge in [-0.3, -0.25) is 10.0 Å². The van der Waals surface area contributed by atoms with Crippen LogP contribution in [0.25, 0.3) is 0 Å². The van der Waals surface area contributed by atoms with Crippen molar-refractivity contribution in [2.24, 2.45) is 5.92 Å². The van der Waals surface area contributed by atoms with Gasteiger partial charge in [0.2, 0.25) is 5.91 Å². The molecule has 2 N–H and O–H groups in total. The quantitative estimate of drug-likeness (QED) is 0.356. The normalized spacial score (nSPS) is 21.3. The molecule has 2 aliphatic heterocycles. The highest BCUT2D eigenvalue weighted by molar-refractivity contribution is 5.79. The van der Waals surface area contributed by atoms with Crippen molar-refractivity contribution in [2.75, 3.05) is 33.2 Å². The zero-order valence-electron chi connectivity index (χ0n) is 22.4. The van der Waals surface area contributed by atoms with Crippen molar-refractivity contribution in [3.05, 3.63) is 70.3 Å². The molecule has 0 bridgehead atoms. The largest absolute Gasteiger partial charge is 0.416 e. The van der Waals surface area contributed by atoms with Gasteiger partial charge in [-0.05, 0) is 74.2 Å². The Labute approximate surface area is 229 Å². The van der Waals surface area contributed by atoms with Crippen LogP contribution in [0, 0.1) is 12.8 Å². The summed E-state index contributed by atoms with van der Waals surface area (Å²) in [6.45, 7) is 3.79. The number of halogens is 6. The summed E-state index contributed by atoms with van der Waals surface area (Å²) in [5, 5.41) is 16.6. The van der Waals surface area contributed by atoms with E-state index < -0.39 is 36.1 Å². The van der Waals surface area contributed by atoms with Crippen LogP contribution in [-0.2, 0) is 23.7 Å². The lowest BCUT2D eigenvalue weighted by molar-refractivity contribution is -0.276. The summed E-state index contributed by atoms with van der Waals surface area (Å²) in [5.41, 5.74) is -1.18. The molecule has 40 heavy (non-hydrogen) atoms. The Balaban J connectivity index is 1.58. The topological polar surface area (TPSA) is 59.1 Å². The van der Waals surface area contributed by atoms with Crippen molar-refractivity contribution in [3.63, 3.8) is 0 Å². The van der Waals surface area contributed by atoms with Crippen molar-refractivity contribution in [2.45, 2.75) is 57.0 Å². The van der Waals surface area contributed by atoms with Crippen LogP contribution in [0.5, 0.6) is 0 Å². The first-order valence-electron chi connectivity index (χ1n) is 13.3. The summed E-state index contributed by atoms with van der Waals surface area (Å²) in [4.78, 5) is 15.1. The smallest absolute Gasteiger partial charge is 0.342 e. The number of hydrogen-bond donors (Lipinski definition) is 2. The predicted molar refractivity (Wildman–Crippen MR) is 136 cm³/mol. The average Bonchev–Trinajstić information content (AvgIpc) is 2.91. The number of nitrogens with zero attached hydrogens (tertiary/aromatic N) is 3. The Kier molecular flexibility index (Phi) is 9.13. The molecule has 0 aliphatic carbocycles. The molecule has 2 fully saturated rings. The van der Waals surface area contributed by atoms with Crippen LogP contribution in [0.2, 0.25) is 0 Å². The highest BCUT2D eigenvalue weighted by Gasteiger charge is 2.40. The summed E-state index contributed by atoms with van der Waals surface area (Å²) < 4.78 is 80.2. The van der Waals surface area contributed by atoms with Crippen LogP contribution < -0.4 is 5.32 Å². The van der Waals surface area contributed by atoms with Crippen LogP contribution in [0.4, 0.5) is 26.3 Å². The Hall–Kier alpha value is -2.67. The molecule has 0 spiro atoms. The molecule has 0 saturated carbocycles. The fraction of sp³-hybridized carbons (Fsp3) is 0.536. The first-order chi connectivity index (χ1) is 18.8. The van der Waals surface area contributed by atoms with Gasteiger partial charge in [0.05, 0.1) is 17.2 Å². The standard InChI is InChI=1S/C28H34F6N4O2/c1-18-5-3-4-6-23(18)24-17-37(26(39)20-7-10-35-11-8-20)12-9-25(24)38(40)36(2)16-19-13-21(27(29,30)31)15-22(14-19)28(32,33)34/h3-6,13-15,20,24-25,35,40H,7-12,16-17H2,1-2H3/t24-,25+/m1/s1. The van der Waals surface area contributed by atoms with Crippen LogP contribution in [-0.4, -0.2) is 65.5 Å². The van der Waals surface area contributed by atoms with Gasteiger partial charge in [-0.2, -0.15) is 26.3 Å². The van der Waals surface area contributed by atoms with Crippen molar-refractivity contribution >= 4 is 5.91 Å². The van der Waals surface area contributed by atoms with Crippen LogP contribution in [0.15, 0.2) is 42.5 Å². The Morgan fingerprint density at radius 2 is 1.60 bits per heavy atom. The molecule has 1 amide bonds.